The summed E-state index contributed by atoms with van der Waals surface area (Å²) in [5.74, 6) is 0. The lowest BCUT2D eigenvalue weighted by Gasteiger charge is -2.29. The van der Waals surface area contributed by atoms with Crippen LogP contribution in [-0.2, 0) is 15.6 Å². The molecule has 0 saturated carbocycles. The van der Waals surface area contributed by atoms with E-state index in [9.17, 15) is 14.2 Å². The highest BCUT2D eigenvalue weighted by molar-refractivity contribution is 7.72. The normalized spacial score (nSPS) is 13.5. The first-order valence-electron chi connectivity index (χ1n) is 5.45. The summed E-state index contributed by atoms with van der Waals surface area (Å²) in [4.78, 5) is 35.8. The van der Waals surface area contributed by atoms with Gasteiger partial charge in [0.05, 0.1) is 0 Å². The van der Waals surface area contributed by atoms with Crippen molar-refractivity contribution in [3.63, 3.8) is 0 Å². The summed E-state index contributed by atoms with van der Waals surface area (Å²) >= 11 is 0. The van der Waals surface area contributed by atoms with Gasteiger partial charge in [0.25, 0.3) is 5.08 Å². The van der Waals surface area contributed by atoms with Crippen molar-refractivity contribution in [2.75, 3.05) is 0 Å². The number of benzene rings is 1. The van der Waals surface area contributed by atoms with Crippen LogP contribution in [0.25, 0.3) is 0 Å². The Hall–Kier alpha value is -0.520. The van der Waals surface area contributed by atoms with Crippen LogP contribution in [0.1, 0.15) is 18.4 Å². The van der Waals surface area contributed by atoms with Gasteiger partial charge in [-0.2, -0.15) is 0 Å². The molecule has 7 nitrogen and oxygen atoms in total. The van der Waals surface area contributed by atoms with Gasteiger partial charge in [-0.1, -0.05) is 30.3 Å². The van der Waals surface area contributed by atoms with E-state index in [2.05, 4.69) is 0 Å². The number of aliphatic hydroxyl groups is 1. The Balaban J connectivity index is 2.77. The van der Waals surface area contributed by atoms with Crippen LogP contribution in [0.15, 0.2) is 30.3 Å². The van der Waals surface area contributed by atoms with Gasteiger partial charge in [-0.15, -0.1) is 0 Å². The van der Waals surface area contributed by atoms with Crippen molar-refractivity contribution in [3.8, 4) is 0 Å². The minimum absolute atomic E-state index is 0.0384. The Bertz CT molecular complexity index is 482. The van der Waals surface area contributed by atoms with E-state index in [1.807, 2.05) is 0 Å². The van der Waals surface area contributed by atoms with Crippen LogP contribution in [0.5, 0.6) is 0 Å². The van der Waals surface area contributed by atoms with Gasteiger partial charge in [0.15, 0.2) is 0 Å². The van der Waals surface area contributed by atoms with Crippen LogP contribution in [0, 0.1) is 0 Å². The number of aryl methyl sites for hydroxylation is 1. The molecule has 5 N–H and O–H groups in total. The SMILES string of the molecule is O=P(O)(O)C(O)(CCCc1ccccc1)P(=O)(O)O. The molecule has 0 aliphatic rings. The van der Waals surface area contributed by atoms with E-state index in [0.717, 1.165) is 5.56 Å². The molecule has 108 valence electrons. The molecule has 0 amide bonds. The van der Waals surface area contributed by atoms with Crippen LogP contribution in [0.2, 0.25) is 0 Å². The third-order valence-corrected chi connectivity index (χ3v) is 6.63. The van der Waals surface area contributed by atoms with E-state index in [0.29, 0.717) is 6.42 Å². The molecule has 0 heterocycles. The number of rotatable bonds is 6. The highest BCUT2D eigenvalue weighted by Crippen LogP contribution is 2.69. The third kappa shape index (κ3) is 3.97. The van der Waals surface area contributed by atoms with Gasteiger partial charge in [-0.05, 0) is 18.4 Å². The molecule has 1 aromatic rings. The first-order chi connectivity index (χ1) is 8.58. The molecule has 0 saturated heterocycles. The van der Waals surface area contributed by atoms with Crippen molar-refractivity contribution >= 4 is 15.2 Å². The second-order valence-corrected chi connectivity index (χ2v) is 8.21. The van der Waals surface area contributed by atoms with E-state index in [-0.39, 0.29) is 6.42 Å². The minimum Gasteiger partial charge on any atom is -0.368 e. The quantitative estimate of drug-likeness (QED) is 0.495. The summed E-state index contributed by atoms with van der Waals surface area (Å²) in [6.07, 6.45) is -0.295. The van der Waals surface area contributed by atoms with Crippen molar-refractivity contribution in [1.29, 1.82) is 0 Å². The van der Waals surface area contributed by atoms with E-state index in [4.69, 9.17) is 19.6 Å². The van der Waals surface area contributed by atoms with Gasteiger partial charge in [0, 0.05) is 6.42 Å². The van der Waals surface area contributed by atoms with Crippen molar-refractivity contribution < 1.29 is 33.8 Å². The fraction of sp³-hybridized carbons (Fsp3) is 0.400. The summed E-state index contributed by atoms with van der Waals surface area (Å²) < 4.78 is 22.2. The third-order valence-electron chi connectivity index (χ3n) is 2.75. The van der Waals surface area contributed by atoms with Crippen LogP contribution in [0.3, 0.4) is 0 Å². The lowest BCUT2D eigenvalue weighted by Crippen LogP contribution is -2.28. The topological polar surface area (TPSA) is 135 Å². The molecule has 19 heavy (non-hydrogen) atoms. The average molecular weight is 310 g/mol. The molecule has 0 bridgehead atoms. The highest BCUT2D eigenvalue weighted by Gasteiger charge is 2.58. The maximum absolute atomic E-state index is 11.1. The van der Waals surface area contributed by atoms with E-state index in [1.54, 1.807) is 30.3 Å². The molecule has 0 aliphatic carbocycles. The largest absolute Gasteiger partial charge is 0.369 e. The lowest BCUT2D eigenvalue weighted by atomic mass is 10.1. The van der Waals surface area contributed by atoms with Crippen molar-refractivity contribution in [2.24, 2.45) is 0 Å². The van der Waals surface area contributed by atoms with Crippen LogP contribution >= 0.6 is 15.2 Å². The second kappa shape index (κ2) is 5.85. The van der Waals surface area contributed by atoms with Crippen molar-refractivity contribution in [3.05, 3.63) is 35.9 Å². The van der Waals surface area contributed by atoms with Crippen molar-refractivity contribution in [1.82, 2.24) is 0 Å². The standard InChI is InChI=1S/C10H16O7P2/c11-10(18(12,13)14,19(15,16)17)8-4-7-9-5-2-1-3-6-9/h1-3,5-6,11H,4,7-8H2,(H2,12,13,14)(H2,15,16,17). The average Bonchev–Trinajstić information content (AvgIpc) is 2.27. The van der Waals surface area contributed by atoms with E-state index in [1.165, 1.54) is 0 Å². The molecule has 1 aromatic carbocycles. The first kappa shape index (κ1) is 16.5. The van der Waals surface area contributed by atoms with Gasteiger partial charge in [-0.25, -0.2) is 0 Å². The predicted molar refractivity (Wildman–Crippen MR) is 68.4 cm³/mol. The summed E-state index contributed by atoms with van der Waals surface area (Å²) in [6, 6.07) is 8.88. The molecule has 9 heteroatoms. The molecule has 0 radical (unpaired) electrons. The van der Waals surface area contributed by atoms with Gasteiger partial charge in [0.2, 0.25) is 0 Å². The zero-order valence-corrected chi connectivity index (χ0v) is 11.7. The predicted octanol–water partition coefficient (Wildman–Crippen LogP) is 1.01. The zero-order valence-electron chi connectivity index (χ0n) is 9.96. The maximum atomic E-state index is 11.1. The highest BCUT2D eigenvalue weighted by atomic mass is 31.2. The monoisotopic (exact) mass is 310 g/mol. The molecule has 0 atom stereocenters. The molecular formula is C10H16O7P2. The molecule has 0 fully saturated rings. The second-order valence-electron chi connectivity index (χ2n) is 4.20. The Morgan fingerprint density at radius 2 is 1.42 bits per heavy atom. The van der Waals surface area contributed by atoms with Crippen LogP contribution < -0.4 is 0 Å². The van der Waals surface area contributed by atoms with Crippen LogP contribution in [0.4, 0.5) is 0 Å². The molecule has 0 unspecified atom stereocenters. The molecule has 0 spiro atoms. The maximum Gasteiger partial charge on any atom is 0.369 e. The van der Waals surface area contributed by atoms with Crippen molar-refractivity contribution in [2.45, 2.75) is 24.3 Å². The van der Waals surface area contributed by atoms with E-state index >= 15 is 0 Å². The Morgan fingerprint density at radius 1 is 0.947 bits per heavy atom. The lowest BCUT2D eigenvalue weighted by molar-refractivity contribution is 0.121. The smallest absolute Gasteiger partial charge is 0.368 e. The van der Waals surface area contributed by atoms with Gasteiger partial charge >= 0.3 is 15.2 Å². The first-order valence-corrected chi connectivity index (χ1v) is 8.68. The van der Waals surface area contributed by atoms with Gasteiger partial charge in [0.1, 0.15) is 0 Å². The fourth-order valence-electron chi connectivity index (χ4n) is 1.64. The summed E-state index contributed by atoms with van der Waals surface area (Å²) in [7, 11) is -10.7. The van der Waals surface area contributed by atoms with Gasteiger partial charge < -0.3 is 24.7 Å². The molecule has 0 aliphatic heterocycles. The minimum atomic E-state index is -5.34. The summed E-state index contributed by atoms with van der Waals surface area (Å²) in [5, 5.41) is 6.33. The number of hydrogen-bond donors (Lipinski definition) is 5. The molecule has 0 aromatic heterocycles. The fourth-order valence-corrected chi connectivity index (χ4v) is 3.89. The van der Waals surface area contributed by atoms with E-state index < -0.39 is 26.7 Å². The summed E-state index contributed by atoms with van der Waals surface area (Å²) in [6.45, 7) is 0. The molecule has 1 rings (SSSR count). The Kier molecular flexibility index (Phi) is 5.09. The Morgan fingerprint density at radius 3 is 1.84 bits per heavy atom. The molecular weight excluding hydrogens is 294 g/mol. The van der Waals surface area contributed by atoms with Gasteiger partial charge in [-0.3, -0.25) is 9.13 Å². The zero-order chi connectivity index (χ0) is 14.7. The summed E-state index contributed by atoms with van der Waals surface area (Å²) in [5.41, 5.74) is 0.848. The number of hydrogen-bond acceptors (Lipinski definition) is 3. The Labute approximate surface area is 110 Å². The van der Waals surface area contributed by atoms with Crippen LogP contribution in [-0.4, -0.2) is 29.8 Å².